The van der Waals surface area contributed by atoms with Gasteiger partial charge in [-0.15, -0.1) is 0 Å². The van der Waals surface area contributed by atoms with E-state index < -0.39 is 12.1 Å². The topological polar surface area (TPSA) is 66.8 Å². The van der Waals surface area contributed by atoms with Crippen LogP contribution in [0.3, 0.4) is 0 Å². The summed E-state index contributed by atoms with van der Waals surface area (Å²) in [5.74, 6) is -0.540. The van der Waals surface area contributed by atoms with Crippen LogP contribution in [0.15, 0.2) is 48.5 Å². The van der Waals surface area contributed by atoms with Crippen LogP contribution >= 0.6 is 0 Å². The fraction of sp³-hybridized carbons (Fsp3) is 0.364. The number of likely N-dealkylation sites (tertiary alicyclic amines) is 1. The summed E-state index contributed by atoms with van der Waals surface area (Å²) in [5, 5.41) is 9.32. The normalized spacial score (nSPS) is 15.9. The van der Waals surface area contributed by atoms with E-state index in [4.69, 9.17) is 4.74 Å². The fourth-order valence-corrected chi connectivity index (χ4v) is 3.60. The minimum atomic E-state index is -0.907. The summed E-state index contributed by atoms with van der Waals surface area (Å²) in [6.07, 6.45) is 1.70. The highest BCUT2D eigenvalue weighted by Gasteiger charge is 2.27. The third-order valence-electron chi connectivity index (χ3n) is 5.16. The highest BCUT2D eigenvalue weighted by Crippen LogP contribution is 2.24. The van der Waals surface area contributed by atoms with Crippen LogP contribution in [0.5, 0.6) is 5.75 Å². The quantitative estimate of drug-likeness (QED) is 0.822. The van der Waals surface area contributed by atoms with Crippen LogP contribution in [0.1, 0.15) is 35.7 Å². The van der Waals surface area contributed by atoms with Crippen molar-refractivity contribution in [2.24, 2.45) is 5.92 Å². The van der Waals surface area contributed by atoms with Crippen LogP contribution < -0.4 is 4.74 Å². The number of piperidine rings is 1. The van der Waals surface area contributed by atoms with Gasteiger partial charge in [0.25, 0.3) is 5.91 Å². The highest BCUT2D eigenvalue weighted by molar-refractivity contribution is 5.89. The number of aromatic carboxylic acids is 1. The first-order chi connectivity index (χ1) is 13.4. The average Bonchev–Trinajstić information content (AvgIpc) is 2.70. The Labute approximate surface area is 163 Å². The lowest BCUT2D eigenvalue weighted by Gasteiger charge is -2.33. The van der Waals surface area contributed by atoms with Gasteiger partial charge in [0.2, 0.25) is 0 Å². The van der Waals surface area contributed by atoms with Gasteiger partial charge in [0.1, 0.15) is 11.6 Å². The highest BCUT2D eigenvalue weighted by atomic mass is 19.1. The van der Waals surface area contributed by atoms with Gasteiger partial charge in [-0.25, -0.2) is 9.18 Å². The zero-order valence-corrected chi connectivity index (χ0v) is 15.8. The van der Waals surface area contributed by atoms with Gasteiger partial charge in [-0.05, 0) is 68.0 Å². The molecule has 1 atom stereocenters. The molecule has 1 amide bonds. The number of halogens is 1. The maximum Gasteiger partial charge on any atom is 0.335 e. The van der Waals surface area contributed by atoms with E-state index in [-0.39, 0.29) is 11.7 Å². The minimum absolute atomic E-state index is 0.0892. The number of carboxylic acid groups (broad SMARTS) is 1. The number of amides is 1. The lowest BCUT2D eigenvalue weighted by molar-refractivity contribution is -0.139. The molecule has 6 heteroatoms. The predicted octanol–water partition coefficient (Wildman–Crippen LogP) is 3.77. The van der Waals surface area contributed by atoms with Crippen molar-refractivity contribution in [3.05, 3.63) is 65.5 Å². The summed E-state index contributed by atoms with van der Waals surface area (Å²) < 4.78 is 18.6. The lowest BCUT2D eigenvalue weighted by Crippen LogP contribution is -2.45. The molecule has 1 saturated heterocycles. The van der Waals surface area contributed by atoms with Gasteiger partial charge in [-0.2, -0.15) is 0 Å². The summed E-state index contributed by atoms with van der Waals surface area (Å²) >= 11 is 0. The van der Waals surface area contributed by atoms with Crippen LogP contribution in [-0.2, 0) is 11.2 Å². The molecule has 1 heterocycles. The molecule has 1 N–H and O–H groups in total. The number of benzene rings is 2. The molecular weight excluding hydrogens is 361 g/mol. The molecule has 0 aliphatic carbocycles. The number of hydrogen-bond donors (Lipinski definition) is 1. The van der Waals surface area contributed by atoms with E-state index in [1.165, 1.54) is 24.3 Å². The average molecular weight is 385 g/mol. The van der Waals surface area contributed by atoms with Crippen molar-refractivity contribution in [2.75, 3.05) is 13.1 Å². The van der Waals surface area contributed by atoms with E-state index in [0.717, 1.165) is 18.4 Å². The zero-order valence-electron chi connectivity index (χ0n) is 15.8. The Morgan fingerprint density at radius 1 is 1.14 bits per heavy atom. The molecule has 2 aromatic rings. The molecular formula is C22H24FNO4. The van der Waals surface area contributed by atoms with Gasteiger partial charge in [-0.1, -0.05) is 18.2 Å². The first kappa shape index (κ1) is 19.9. The molecule has 1 aliphatic rings. The van der Waals surface area contributed by atoms with Crippen molar-refractivity contribution in [3.63, 3.8) is 0 Å². The number of carbonyl (C=O) groups is 2. The minimum Gasteiger partial charge on any atom is -0.481 e. The number of rotatable bonds is 6. The van der Waals surface area contributed by atoms with Crippen molar-refractivity contribution in [1.29, 1.82) is 0 Å². The summed E-state index contributed by atoms with van der Waals surface area (Å²) in [5.41, 5.74) is 1.19. The van der Waals surface area contributed by atoms with Crippen molar-refractivity contribution in [1.82, 2.24) is 4.90 Å². The van der Waals surface area contributed by atoms with Crippen molar-refractivity contribution >= 4 is 11.9 Å². The molecule has 3 rings (SSSR count). The Hall–Kier alpha value is -2.89. The van der Waals surface area contributed by atoms with Gasteiger partial charge in [0.15, 0.2) is 6.10 Å². The standard InChI is InChI=1S/C22H24FNO4/c1-15(28-19-8-6-18(23)7-9-19)21(25)24-12-10-16(11-13-24)14-17-4-2-3-5-20(17)22(26)27/h2-9,15-16H,10-14H2,1H3,(H,26,27). The number of carboxylic acids is 1. The fourth-order valence-electron chi connectivity index (χ4n) is 3.60. The predicted molar refractivity (Wildman–Crippen MR) is 103 cm³/mol. The van der Waals surface area contributed by atoms with Crippen molar-refractivity contribution in [2.45, 2.75) is 32.3 Å². The zero-order chi connectivity index (χ0) is 20.1. The van der Waals surface area contributed by atoms with Gasteiger partial charge >= 0.3 is 5.97 Å². The van der Waals surface area contributed by atoms with Crippen molar-refractivity contribution in [3.8, 4) is 5.75 Å². The Bertz CT molecular complexity index is 829. The van der Waals surface area contributed by atoms with Crippen molar-refractivity contribution < 1.29 is 23.8 Å². The van der Waals surface area contributed by atoms with Gasteiger partial charge in [0.05, 0.1) is 5.56 Å². The van der Waals surface area contributed by atoms with E-state index in [9.17, 15) is 19.1 Å². The van der Waals surface area contributed by atoms with E-state index in [1.54, 1.807) is 24.0 Å². The van der Waals surface area contributed by atoms with Crippen LogP contribution in [-0.4, -0.2) is 41.1 Å². The molecule has 0 aromatic heterocycles. The molecule has 148 valence electrons. The molecule has 0 bridgehead atoms. The van der Waals surface area contributed by atoms with E-state index >= 15 is 0 Å². The molecule has 1 unspecified atom stereocenters. The number of nitrogens with zero attached hydrogens (tertiary/aromatic N) is 1. The van der Waals surface area contributed by atoms with E-state index in [2.05, 4.69) is 0 Å². The summed E-state index contributed by atoms with van der Waals surface area (Å²) in [4.78, 5) is 25.8. The summed E-state index contributed by atoms with van der Waals surface area (Å²) in [6.45, 7) is 2.94. The van der Waals surface area contributed by atoms with Gasteiger partial charge in [0, 0.05) is 13.1 Å². The molecule has 0 spiro atoms. The third kappa shape index (κ3) is 4.88. The maximum absolute atomic E-state index is 13.0. The SMILES string of the molecule is CC(Oc1ccc(F)cc1)C(=O)N1CCC(Cc2ccccc2C(=O)O)CC1. The number of ether oxygens (including phenoxy) is 1. The Kier molecular flexibility index (Phi) is 6.29. The first-order valence-electron chi connectivity index (χ1n) is 9.46. The third-order valence-corrected chi connectivity index (χ3v) is 5.16. The molecule has 1 fully saturated rings. The monoisotopic (exact) mass is 385 g/mol. The van der Waals surface area contributed by atoms with Gasteiger partial charge in [-0.3, -0.25) is 4.79 Å². The Balaban J connectivity index is 1.52. The second-order valence-electron chi connectivity index (χ2n) is 7.15. The summed E-state index contributed by atoms with van der Waals surface area (Å²) in [7, 11) is 0. The van der Waals surface area contributed by atoms with Gasteiger partial charge < -0.3 is 14.7 Å². The Morgan fingerprint density at radius 2 is 1.79 bits per heavy atom. The van der Waals surface area contributed by atoms with Crippen LogP contribution in [0.4, 0.5) is 4.39 Å². The largest absolute Gasteiger partial charge is 0.481 e. The van der Waals surface area contributed by atoms with E-state index in [1.807, 2.05) is 12.1 Å². The van der Waals surface area contributed by atoms with E-state index in [0.29, 0.717) is 36.7 Å². The molecule has 2 aromatic carbocycles. The lowest BCUT2D eigenvalue weighted by atomic mass is 9.88. The maximum atomic E-state index is 13.0. The van der Waals surface area contributed by atoms with Crippen LogP contribution in [0, 0.1) is 11.7 Å². The summed E-state index contributed by atoms with van der Waals surface area (Å²) in [6, 6.07) is 12.7. The molecule has 28 heavy (non-hydrogen) atoms. The smallest absolute Gasteiger partial charge is 0.335 e. The first-order valence-corrected chi connectivity index (χ1v) is 9.46. The molecule has 0 radical (unpaired) electrons. The number of carbonyl (C=O) groups excluding carboxylic acids is 1. The number of hydrogen-bond acceptors (Lipinski definition) is 3. The second-order valence-corrected chi connectivity index (χ2v) is 7.15. The van der Waals surface area contributed by atoms with Crippen LogP contribution in [0.25, 0.3) is 0 Å². The molecule has 5 nitrogen and oxygen atoms in total. The second kappa shape index (κ2) is 8.87. The Morgan fingerprint density at radius 3 is 2.43 bits per heavy atom. The van der Waals surface area contributed by atoms with Crippen LogP contribution in [0.2, 0.25) is 0 Å². The molecule has 0 saturated carbocycles. The molecule has 1 aliphatic heterocycles.